The van der Waals surface area contributed by atoms with Crippen molar-refractivity contribution in [3.05, 3.63) is 16.9 Å². The van der Waals surface area contributed by atoms with Crippen LogP contribution in [0.25, 0.3) is 4.96 Å². The van der Waals surface area contributed by atoms with Crippen LogP contribution in [0, 0.1) is 5.92 Å². The Morgan fingerprint density at radius 3 is 3.00 bits per heavy atom. The highest BCUT2D eigenvalue weighted by Gasteiger charge is 2.09. The molecule has 0 saturated carbocycles. The second-order valence-corrected chi connectivity index (χ2v) is 4.59. The Balaban J connectivity index is 2.37. The van der Waals surface area contributed by atoms with Crippen LogP contribution in [-0.4, -0.2) is 14.6 Å². The van der Waals surface area contributed by atoms with E-state index in [4.69, 9.17) is 5.73 Å². The van der Waals surface area contributed by atoms with Crippen molar-refractivity contribution in [3.8, 4) is 0 Å². The molecule has 0 aliphatic rings. The normalized spacial score (nSPS) is 11.7. The van der Waals surface area contributed by atoms with Crippen LogP contribution in [0.15, 0.2) is 5.38 Å². The fraction of sp³-hybridized carbons (Fsp3) is 0.556. The average molecular weight is 210 g/mol. The van der Waals surface area contributed by atoms with Gasteiger partial charge in [0.05, 0.1) is 5.69 Å². The molecule has 4 nitrogen and oxygen atoms in total. The third kappa shape index (κ3) is 1.65. The first-order valence-electron chi connectivity index (χ1n) is 4.72. The molecule has 0 amide bonds. The number of hydrogen-bond acceptors (Lipinski definition) is 4. The summed E-state index contributed by atoms with van der Waals surface area (Å²) in [5.41, 5.74) is 6.62. The molecule has 0 fully saturated rings. The molecule has 14 heavy (non-hydrogen) atoms. The SMILES string of the molecule is CC(C)Cc1nc2scc(CN)n2n1. The molecule has 0 bridgehead atoms. The zero-order valence-electron chi connectivity index (χ0n) is 8.40. The topological polar surface area (TPSA) is 56.2 Å². The minimum absolute atomic E-state index is 0.518. The molecular formula is C9H14N4S. The molecule has 76 valence electrons. The molecule has 2 rings (SSSR count). The zero-order valence-corrected chi connectivity index (χ0v) is 9.21. The number of nitrogens with two attached hydrogens (primary N) is 1. The lowest BCUT2D eigenvalue weighted by atomic mass is 10.1. The van der Waals surface area contributed by atoms with Crippen LogP contribution in [0.3, 0.4) is 0 Å². The van der Waals surface area contributed by atoms with Gasteiger partial charge in [-0.15, -0.1) is 11.3 Å². The molecule has 0 spiro atoms. The maximum atomic E-state index is 5.59. The first-order valence-corrected chi connectivity index (χ1v) is 5.60. The Morgan fingerprint density at radius 1 is 1.57 bits per heavy atom. The Labute approximate surface area is 86.8 Å². The van der Waals surface area contributed by atoms with Crippen LogP contribution in [-0.2, 0) is 13.0 Å². The molecule has 0 atom stereocenters. The van der Waals surface area contributed by atoms with Crippen LogP contribution in [0.1, 0.15) is 25.4 Å². The summed E-state index contributed by atoms with van der Waals surface area (Å²) >= 11 is 1.60. The lowest BCUT2D eigenvalue weighted by molar-refractivity contribution is 0.618. The van der Waals surface area contributed by atoms with Crippen molar-refractivity contribution in [1.82, 2.24) is 14.6 Å². The zero-order chi connectivity index (χ0) is 10.1. The minimum atomic E-state index is 0.518. The summed E-state index contributed by atoms with van der Waals surface area (Å²) in [6.07, 6.45) is 0.929. The fourth-order valence-corrected chi connectivity index (χ4v) is 2.21. The van der Waals surface area contributed by atoms with E-state index in [1.54, 1.807) is 11.3 Å². The molecule has 2 N–H and O–H groups in total. The summed E-state index contributed by atoms with van der Waals surface area (Å²) in [7, 11) is 0. The molecule has 2 aromatic rings. The fourth-order valence-electron chi connectivity index (χ4n) is 1.36. The molecule has 2 aromatic heterocycles. The number of hydrogen-bond donors (Lipinski definition) is 1. The van der Waals surface area contributed by atoms with Crippen LogP contribution in [0.4, 0.5) is 0 Å². The van der Waals surface area contributed by atoms with E-state index in [0.29, 0.717) is 12.5 Å². The first kappa shape index (κ1) is 9.61. The number of aromatic nitrogens is 3. The maximum Gasteiger partial charge on any atom is 0.212 e. The van der Waals surface area contributed by atoms with E-state index in [1.165, 1.54) is 0 Å². The van der Waals surface area contributed by atoms with Gasteiger partial charge in [0, 0.05) is 18.3 Å². The van der Waals surface area contributed by atoms with Crippen LogP contribution < -0.4 is 5.73 Å². The molecule has 0 unspecified atom stereocenters. The summed E-state index contributed by atoms with van der Waals surface area (Å²) in [6, 6.07) is 0. The van der Waals surface area contributed by atoms with Crippen molar-refractivity contribution in [1.29, 1.82) is 0 Å². The number of thiazole rings is 1. The molecule has 0 saturated heterocycles. The monoisotopic (exact) mass is 210 g/mol. The number of rotatable bonds is 3. The molecule has 0 radical (unpaired) electrons. The van der Waals surface area contributed by atoms with Crippen molar-refractivity contribution in [2.24, 2.45) is 11.7 Å². The van der Waals surface area contributed by atoms with E-state index in [1.807, 2.05) is 9.90 Å². The molecule has 5 heteroatoms. The van der Waals surface area contributed by atoms with Gasteiger partial charge >= 0.3 is 0 Å². The smallest absolute Gasteiger partial charge is 0.212 e. The molecule has 0 aliphatic heterocycles. The van der Waals surface area contributed by atoms with Crippen molar-refractivity contribution < 1.29 is 0 Å². The van der Waals surface area contributed by atoms with Gasteiger partial charge in [0.1, 0.15) is 0 Å². The standard InChI is InChI=1S/C9H14N4S/c1-6(2)3-8-11-9-13(12-8)7(4-10)5-14-9/h5-6H,3-4,10H2,1-2H3. The second-order valence-electron chi connectivity index (χ2n) is 3.75. The van der Waals surface area contributed by atoms with Gasteiger partial charge in [-0.05, 0) is 5.92 Å². The van der Waals surface area contributed by atoms with Gasteiger partial charge in [-0.3, -0.25) is 0 Å². The quantitative estimate of drug-likeness (QED) is 0.834. The van der Waals surface area contributed by atoms with Gasteiger partial charge < -0.3 is 5.73 Å². The summed E-state index contributed by atoms with van der Waals surface area (Å²) in [6.45, 7) is 4.85. The predicted octanol–water partition coefficient (Wildman–Crippen LogP) is 1.45. The van der Waals surface area contributed by atoms with E-state index in [9.17, 15) is 0 Å². The summed E-state index contributed by atoms with van der Waals surface area (Å²) in [5.74, 6) is 1.51. The van der Waals surface area contributed by atoms with Gasteiger partial charge in [0.25, 0.3) is 0 Å². The van der Waals surface area contributed by atoms with E-state index in [2.05, 4.69) is 23.9 Å². The highest BCUT2D eigenvalue weighted by molar-refractivity contribution is 7.15. The van der Waals surface area contributed by atoms with E-state index in [-0.39, 0.29) is 0 Å². The number of fused-ring (bicyclic) bond motifs is 1. The van der Waals surface area contributed by atoms with Gasteiger partial charge in [-0.1, -0.05) is 13.8 Å². The van der Waals surface area contributed by atoms with Crippen LogP contribution in [0.5, 0.6) is 0 Å². The Morgan fingerprint density at radius 2 is 2.36 bits per heavy atom. The highest BCUT2D eigenvalue weighted by atomic mass is 32.1. The predicted molar refractivity (Wildman–Crippen MR) is 57.3 cm³/mol. The Bertz CT molecular complexity index is 429. The van der Waals surface area contributed by atoms with E-state index < -0.39 is 0 Å². The third-order valence-electron chi connectivity index (χ3n) is 1.99. The van der Waals surface area contributed by atoms with Crippen LogP contribution in [0.2, 0.25) is 0 Å². The van der Waals surface area contributed by atoms with Crippen molar-refractivity contribution in [3.63, 3.8) is 0 Å². The first-order chi connectivity index (χ1) is 6.70. The molecule has 2 heterocycles. The van der Waals surface area contributed by atoms with Gasteiger partial charge in [0.15, 0.2) is 5.82 Å². The second kappa shape index (κ2) is 3.67. The lowest BCUT2D eigenvalue weighted by Crippen LogP contribution is -2.02. The van der Waals surface area contributed by atoms with Gasteiger partial charge in [0.2, 0.25) is 4.96 Å². The molecule has 0 aromatic carbocycles. The van der Waals surface area contributed by atoms with Gasteiger partial charge in [-0.2, -0.15) is 5.10 Å². The van der Waals surface area contributed by atoms with Crippen LogP contribution >= 0.6 is 11.3 Å². The largest absolute Gasteiger partial charge is 0.325 e. The Kier molecular flexibility index (Phi) is 2.52. The lowest BCUT2D eigenvalue weighted by Gasteiger charge is -1.97. The molecule has 0 aliphatic carbocycles. The van der Waals surface area contributed by atoms with E-state index >= 15 is 0 Å². The van der Waals surface area contributed by atoms with Gasteiger partial charge in [-0.25, -0.2) is 9.50 Å². The van der Waals surface area contributed by atoms with Crippen molar-refractivity contribution >= 4 is 16.3 Å². The highest BCUT2D eigenvalue weighted by Crippen LogP contribution is 2.15. The number of nitrogens with zero attached hydrogens (tertiary/aromatic N) is 3. The van der Waals surface area contributed by atoms with Crippen molar-refractivity contribution in [2.45, 2.75) is 26.8 Å². The minimum Gasteiger partial charge on any atom is -0.325 e. The summed E-state index contributed by atoms with van der Waals surface area (Å²) < 4.78 is 1.85. The summed E-state index contributed by atoms with van der Waals surface area (Å²) in [4.78, 5) is 5.38. The maximum absolute atomic E-state index is 5.59. The molecular weight excluding hydrogens is 196 g/mol. The summed E-state index contributed by atoms with van der Waals surface area (Å²) in [5, 5.41) is 6.43. The third-order valence-corrected chi connectivity index (χ3v) is 2.86. The Hall–Kier alpha value is -0.940. The van der Waals surface area contributed by atoms with E-state index in [0.717, 1.165) is 22.9 Å². The average Bonchev–Trinajstić information content (AvgIpc) is 2.61. The van der Waals surface area contributed by atoms with Crippen molar-refractivity contribution in [2.75, 3.05) is 0 Å².